The van der Waals surface area contributed by atoms with Gasteiger partial charge < -0.3 is 10.1 Å². The van der Waals surface area contributed by atoms with E-state index in [0.717, 1.165) is 28.5 Å². The molecule has 0 radical (unpaired) electrons. The molecular weight excluding hydrogens is 334 g/mol. The SMILES string of the molecule is CSC1CCC(NC2CCOc3ccc(Br)cc32)CC1. The third kappa shape index (κ3) is 3.34. The Hall–Kier alpha value is -0.190. The summed E-state index contributed by atoms with van der Waals surface area (Å²) >= 11 is 5.60. The fourth-order valence-electron chi connectivity index (χ4n) is 3.29. The van der Waals surface area contributed by atoms with Crippen LogP contribution in [0.5, 0.6) is 5.75 Å². The van der Waals surface area contributed by atoms with Crippen LogP contribution in [0.1, 0.15) is 43.7 Å². The Morgan fingerprint density at radius 1 is 1.20 bits per heavy atom. The van der Waals surface area contributed by atoms with Gasteiger partial charge in [-0.15, -0.1) is 0 Å². The highest BCUT2D eigenvalue weighted by Crippen LogP contribution is 2.36. The number of ether oxygens (including phenoxy) is 1. The Labute approximate surface area is 134 Å². The van der Waals surface area contributed by atoms with Crippen molar-refractivity contribution in [2.24, 2.45) is 0 Å². The third-order valence-electron chi connectivity index (χ3n) is 4.46. The molecule has 1 aliphatic carbocycles. The molecule has 0 spiro atoms. The summed E-state index contributed by atoms with van der Waals surface area (Å²) in [4.78, 5) is 0. The van der Waals surface area contributed by atoms with Gasteiger partial charge in [0.25, 0.3) is 0 Å². The Morgan fingerprint density at radius 3 is 2.75 bits per heavy atom. The number of rotatable bonds is 3. The number of halogens is 1. The predicted molar refractivity (Wildman–Crippen MR) is 89.7 cm³/mol. The number of thioether (sulfide) groups is 1. The van der Waals surface area contributed by atoms with Gasteiger partial charge in [0.15, 0.2) is 0 Å². The van der Waals surface area contributed by atoms with Gasteiger partial charge in [0, 0.05) is 33.8 Å². The molecular formula is C16H22BrNOS. The quantitative estimate of drug-likeness (QED) is 0.859. The zero-order valence-corrected chi connectivity index (χ0v) is 14.3. The van der Waals surface area contributed by atoms with Gasteiger partial charge in [0.1, 0.15) is 5.75 Å². The van der Waals surface area contributed by atoms with Gasteiger partial charge >= 0.3 is 0 Å². The fourth-order valence-corrected chi connectivity index (χ4v) is 4.41. The number of benzene rings is 1. The van der Waals surface area contributed by atoms with Gasteiger partial charge in [0.05, 0.1) is 6.61 Å². The molecule has 20 heavy (non-hydrogen) atoms. The summed E-state index contributed by atoms with van der Waals surface area (Å²) in [5.74, 6) is 1.05. The van der Waals surface area contributed by atoms with Crippen molar-refractivity contribution >= 4 is 27.7 Å². The molecule has 1 saturated carbocycles. The lowest BCUT2D eigenvalue weighted by Crippen LogP contribution is -2.38. The van der Waals surface area contributed by atoms with Gasteiger partial charge in [-0.3, -0.25) is 0 Å². The number of nitrogens with one attached hydrogen (secondary N) is 1. The van der Waals surface area contributed by atoms with E-state index in [4.69, 9.17) is 4.74 Å². The van der Waals surface area contributed by atoms with Crippen LogP contribution in [0.25, 0.3) is 0 Å². The highest BCUT2D eigenvalue weighted by molar-refractivity contribution is 9.10. The van der Waals surface area contributed by atoms with Gasteiger partial charge in [0.2, 0.25) is 0 Å². The lowest BCUT2D eigenvalue weighted by Gasteiger charge is -2.34. The lowest BCUT2D eigenvalue weighted by molar-refractivity contribution is 0.233. The van der Waals surface area contributed by atoms with Gasteiger partial charge in [-0.25, -0.2) is 0 Å². The lowest BCUT2D eigenvalue weighted by atomic mass is 9.92. The summed E-state index contributed by atoms with van der Waals surface area (Å²) in [6, 6.07) is 7.48. The van der Waals surface area contributed by atoms with Crippen molar-refractivity contribution < 1.29 is 4.74 Å². The van der Waals surface area contributed by atoms with E-state index >= 15 is 0 Å². The Bertz CT molecular complexity index is 460. The van der Waals surface area contributed by atoms with Crippen molar-refractivity contribution in [3.63, 3.8) is 0 Å². The second-order valence-electron chi connectivity index (χ2n) is 5.75. The molecule has 1 aromatic carbocycles. The normalized spacial score (nSPS) is 29.6. The molecule has 110 valence electrons. The van der Waals surface area contributed by atoms with Crippen LogP contribution in [-0.2, 0) is 0 Å². The van der Waals surface area contributed by atoms with Crippen molar-refractivity contribution in [3.05, 3.63) is 28.2 Å². The first-order chi connectivity index (χ1) is 9.76. The highest BCUT2D eigenvalue weighted by atomic mass is 79.9. The molecule has 1 N–H and O–H groups in total. The maximum atomic E-state index is 5.77. The fraction of sp³-hybridized carbons (Fsp3) is 0.625. The first-order valence-electron chi connectivity index (χ1n) is 7.47. The Balaban J connectivity index is 1.66. The maximum absolute atomic E-state index is 5.77. The van der Waals surface area contributed by atoms with E-state index in [1.165, 1.54) is 31.2 Å². The summed E-state index contributed by atoms with van der Waals surface area (Å²) in [7, 11) is 0. The predicted octanol–water partition coefficient (Wildman–Crippen LogP) is 4.54. The zero-order chi connectivity index (χ0) is 13.9. The third-order valence-corrected chi connectivity index (χ3v) is 6.09. The molecule has 0 bridgehead atoms. The van der Waals surface area contributed by atoms with Crippen molar-refractivity contribution in [1.82, 2.24) is 5.32 Å². The van der Waals surface area contributed by atoms with Crippen LogP contribution in [0.4, 0.5) is 0 Å². The zero-order valence-electron chi connectivity index (χ0n) is 11.9. The van der Waals surface area contributed by atoms with E-state index in [-0.39, 0.29) is 0 Å². The van der Waals surface area contributed by atoms with Crippen LogP contribution < -0.4 is 10.1 Å². The average molecular weight is 356 g/mol. The second kappa shape index (κ2) is 6.71. The van der Waals surface area contributed by atoms with Crippen molar-refractivity contribution in [2.75, 3.05) is 12.9 Å². The minimum Gasteiger partial charge on any atom is -0.493 e. The molecule has 2 nitrogen and oxygen atoms in total. The van der Waals surface area contributed by atoms with Crippen molar-refractivity contribution in [2.45, 2.75) is 49.4 Å². The molecule has 1 heterocycles. The molecule has 1 atom stereocenters. The van der Waals surface area contributed by atoms with Crippen molar-refractivity contribution in [1.29, 1.82) is 0 Å². The summed E-state index contributed by atoms with van der Waals surface area (Å²) in [6.45, 7) is 0.826. The van der Waals surface area contributed by atoms with Gasteiger partial charge in [-0.05, 0) is 50.1 Å². The van der Waals surface area contributed by atoms with E-state index in [2.05, 4.69) is 45.7 Å². The van der Waals surface area contributed by atoms with Crippen LogP contribution in [0.15, 0.2) is 22.7 Å². The van der Waals surface area contributed by atoms with Crippen LogP contribution in [0.2, 0.25) is 0 Å². The molecule has 0 saturated heterocycles. The van der Waals surface area contributed by atoms with E-state index < -0.39 is 0 Å². The molecule has 1 fully saturated rings. The van der Waals surface area contributed by atoms with E-state index in [1.807, 2.05) is 11.8 Å². The van der Waals surface area contributed by atoms with Crippen LogP contribution in [0, 0.1) is 0 Å². The summed E-state index contributed by atoms with van der Waals surface area (Å²) < 4.78 is 6.91. The largest absolute Gasteiger partial charge is 0.493 e. The molecule has 3 rings (SSSR count). The van der Waals surface area contributed by atoms with E-state index in [9.17, 15) is 0 Å². The van der Waals surface area contributed by atoms with Gasteiger partial charge in [-0.1, -0.05) is 15.9 Å². The Morgan fingerprint density at radius 2 is 2.00 bits per heavy atom. The molecule has 0 amide bonds. The minimum absolute atomic E-state index is 0.451. The second-order valence-corrected chi connectivity index (χ2v) is 7.80. The first kappa shape index (κ1) is 14.7. The van der Waals surface area contributed by atoms with Crippen LogP contribution >= 0.6 is 27.7 Å². The minimum atomic E-state index is 0.451. The average Bonchev–Trinajstić information content (AvgIpc) is 2.49. The Kier molecular flexibility index (Phi) is 4.95. The summed E-state index contributed by atoms with van der Waals surface area (Å²) in [5.41, 5.74) is 1.32. The van der Waals surface area contributed by atoms with Crippen molar-refractivity contribution in [3.8, 4) is 5.75 Å². The van der Waals surface area contributed by atoms with E-state index in [1.54, 1.807) is 0 Å². The van der Waals surface area contributed by atoms with Gasteiger partial charge in [-0.2, -0.15) is 11.8 Å². The van der Waals surface area contributed by atoms with E-state index in [0.29, 0.717) is 12.1 Å². The molecule has 2 aliphatic rings. The number of hydrogen-bond donors (Lipinski definition) is 1. The summed E-state index contributed by atoms with van der Waals surface area (Å²) in [5, 5.41) is 4.75. The molecule has 4 heteroatoms. The molecule has 1 aromatic rings. The topological polar surface area (TPSA) is 21.3 Å². The molecule has 1 aliphatic heterocycles. The smallest absolute Gasteiger partial charge is 0.124 e. The van der Waals surface area contributed by atoms with Crippen LogP contribution in [-0.4, -0.2) is 24.2 Å². The molecule has 1 unspecified atom stereocenters. The number of fused-ring (bicyclic) bond motifs is 1. The first-order valence-corrected chi connectivity index (χ1v) is 9.55. The standard InChI is InChI=1S/C16H22BrNOS/c1-20-13-5-3-12(4-6-13)18-15-8-9-19-16-7-2-11(17)10-14(15)16/h2,7,10,12-13,15,18H,3-6,8-9H2,1H3. The van der Waals surface area contributed by atoms with Crippen LogP contribution in [0.3, 0.4) is 0 Å². The monoisotopic (exact) mass is 355 g/mol. The summed E-state index contributed by atoms with van der Waals surface area (Å²) in [6.07, 6.45) is 8.65. The molecule has 0 aromatic heterocycles. The number of hydrogen-bond acceptors (Lipinski definition) is 3. The highest BCUT2D eigenvalue weighted by Gasteiger charge is 2.26. The maximum Gasteiger partial charge on any atom is 0.124 e.